The number of carboxylic acids is 1. The average molecular weight is 289 g/mol. The van der Waals surface area contributed by atoms with Gasteiger partial charge < -0.3 is 10.0 Å². The van der Waals surface area contributed by atoms with Crippen LogP contribution in [0.15, 0.2) is 30.3 Å². The maximum Gasteiger partial charge on any atom is 0.303 e. The lowest BCUT2D eigenvalue weighted by Crippen LogP contribution is -2.38. The van der Waals surface area contributed by atoms with Crippen molar-refractivity contribution in [2.75, 3.05) is 11.4 Å². The predicted molar refractivity (Wildman–Crippen MR) is 86.6 cm³/mol. The molecule has 0 amide bonds. The number of aliphatic carboxylic acids is 1. The minimum atomic E-state index is -0.706. The zero-order chi connectivity index (χ0) is 15.5. The molecule has 0 heterocycles. The van der Waals surface area contributed by atoms with Gasteiger partial charge in [-0.3, -0.25) is 4.79 Å². The summed E-state index contributed by atoms with van der Waals surface area (Å²) >= 11 is 0. The van der Waals surface area contributed by atoms with Crippen LogP contribution in [0, 0.1) is 11.3 Å². The Labute approximate surface area is 128 Å². The van der Waals surface area contributed by atoms with Crippen LogP contribution in [0.25, 0.3) is 0 Å². The molecule has 21 heavy (non-hydrogen) atoms. The first-order valence-corrected chi connectivity index (χ1v) is 7.92. The van der Waals surface area contributed by atoms with E-state index in [9.17, 15) is 4.79 Å². The molecule has 1 fully saturated rings. The van der Waals surface area contributed by atoms with Crippen molar-refractivity contribution in [1.82, 2.24) is 0 Å². The number of benzene rings is 1. The number of carbonyl (C=O) groups is 1. The number of anilines is 1. The summed E-state index contributed by atoms with van der Waals surface area (Å²) in [6, 6.07) is 10.9. The Morgan fingerprint density at radius 2 is 1.95 bits per heavy atom. The van der Waals surface area contributed by atoms with E-state index < -0.39 is 5.97 Å². The van der Waals surface area contributed by atoms with E-state index in [1.165, 1.54) is 18.5 Å². The molecule has 0 spiro atoms. The molecule has 1 aliphatic rings. The number of nitrogens with zero attached hydrogens (tertiary/aromatic N) is 1. The van der Waals surface area contributed by atoms with Crippen molar-refractivity contribution in [3.63, 3.8) is 0 Å². The zero-order valence-electron chi connectivity index (χ0n) is 13.4. The van der Waals surface area contributed by atoms with E-state index in [0.717, 1.165) is 6.54 Å². The van der Waals surface area contributed by atoms with Gasteiger partial charge >= 0.3 is 5.97 Å². The van der Waals surface area contributed by atoms with Gasteiger partial charge in [0.15, 0.2) is 0 Å². The lowest BCUT2D eigenvalue weighted by Gasteiger charge is -2.34. The smallest absolute Gasteiger partial charge is 0.303 e. The van der Waals surface area contributed by atoms with Gasteiger partial charge in [0.25, 0.3) is 0 Å². The van der Waals surface area contributed by atoms with E-state index >= 15 is 0 Å². The molecule has 1 aliphatic carbocycles. The normalized spacial score (nSPS) is 24.0. The molecule has 3 nitrogen and oxygen atoms in total. The van der Waals surface area contributed by atoms with Crippen LogP contribution in [-0.2, 0) is 4.79 Å². The Bertz CT molecular complexity index is 469. The van der Waals surface area contributed by atoms with Crippen molar-refractivity contribution in [3.8, 4) is 0 Å². The Hall–Kier alpha value is -1.51. The van der Waals surface area contributed by atoms with Crippen LogP contribution in [0.3, 0.4) is 0 Å². The predicted octanol–water partition coefficient (Wildman–Crippen LogP) is 4.18. The second-order valence-corrected chi connectivity index (χ2v) is 7.14. The molecule has 0 saturated heterocycles. The first-order chi connectivity index (χ1) is 9.89. The van der Waals surface area contributed by atoms with E-state index in [4.69, 9.17) is 5.11 Å². The third-order valence-corrected chi connectivity index (χ3v) is 4.57. The summed E-state index contributed by atoms with van der Waals surface area (Å²) in [6.07, 6.45) is 3.36. The van der Waals surface area contributed by atoms with E-state index in [-0.39, 0.29) is 6.42 Å². The molecule has 0 aromatic heterocycles. The Kier molecular flexibility index (Phi) is 4.92. The van der Waals surface area contributed by atoms with E-state index in [0.29, 0.717) is 23.8 Å². The van der Waals surface area contributed by atoms with Gasteiger partial charge in [-0.05, 0) is 42.7 Å². The maximum atomic E-state index is 10.8. The van der Waals surface area contributed by atoms with Gasteiger partial charge in [-0.2, -0.15) is 0 Å². The highest BCUT2D eigenvalue weighted by molar-refractivity contribution is 5.66. The van der Waals surface area contributed by atoms with Crippen molar-refractivity contribution < 1.29 is 9.90 Å². The topological polar surface area (TPSA) is 40.5 Å². The SMILES string of the molecule is CC1CC(C)(C)CC1N(CCCC(=O)O)c1ccccc1. The third-order valence-electron chi connectivity index (χ3n) is 4.57. The van der Waals surface area contributed by atoms with Crippen molar-refractivity contribution in [2.24, 2.45) is 11.3 Å². The van der Waals surface area contributed by atoms with E-state index in [2.05, 4.69) is 49.9 Å². The largest absolute Gasteiger partial charge is 0.481 e. The molecular weight excluding hydrogens is 262 g/mol. The summed E-state index contributed by atoms with van der Waals surface area (Å²) in [5, 5.41) is 8.88. The lowest BCUT2D eigenvalue weighted by molar-refractivity contribution is -0.137. The van der Waals surface area contributed by atoms with Crippen LogP contribution < -0.4 is 4.90 Å². The first-order valence-electron chi connectivity index (χ1n) is 7.92. The van der Waals surface area contributed by atoms with Crippen LogP contribution >= 0.6 is 0 Å². The second-order valence-electron chi connectivity index (χ2n) is 7.14. The van der Waals surface area contributed by atoms with Gasteiger partial charge in [-0.1, -0.05) is 39.0 Å². The molecule has 0 aliphatic heterocycles. The molecule has 116 valence electrons. The van der Waals surface area contributed by atoms with Crippen molar-refractivity contribution >= 4 is 11.7 Å². The van der Waals surface area contributed by atoms with Gasteiger partial charge in [0.2, 0.25) is 0 Å². The van der Waals surface area contributed by atoms with Crippen molar-refractivity contribution in [2.45, 2.75) is 52.5 Å². The summed E-state index contributed by atoms with van der Waals surface area (Å²) in [7, 11) is 0. The molecule has 3 heteroatoms. The molecule has 1 saturated carbocycles. The van der Waals surface area contributed by atoms with Crippen molar-refractivity contribution in [3.05, 3.63) is 30.3 Å². The fourth-order valence-corrected chi connectivity index (χ4v) is 3.78. The van der Waals surface area contributed by atoms with Crippen LogP contribution in [0.1, 0.15) is 46.5 Å². The highest BCUT2D eigenvalue weighted by atomic mass is 16.4. The Morgan fingerprint density at radius 3 is 2.48 bits per heavy atom. The van der Waals surface area contributed by atoms with Gasteiger partial charge in [0.1, 0.15) is 0 Å². The van der Waals surface area contributed by atoms with Crippen LogP contribution in [0.2, 0.25) is 0 Å². The van der Waals surface area contributed by atoms with Gasteiger partial charge in [-0.25, -0.2) is 0 Å². The Balaban J connectivity index is 2.14. The summed E-state index contributed by atoms with van der Waals surface area (Å²) in [5.74, 6) is -0.0622. The summed E-state index contributed by atoms with van der Waals surface area (Å²) < 4.78 is 0. The summed E-state index contributed by atoms with van der Waals surface area (Å²) in [6.45, 7) is 7.82. The fraction of sp³-hybridized carbons (Fsp3) is 0.611. The Morgan fingerprint density at radius 1 is 1.29 bits per heavy atom. The monoisotopic (exact) mass is 289 g/mol. The molecule has 1 N–H and O–H groups in total. The van der Waals surface area contributed by atoms with Gasteiger partial charge in [0.05, 0.1) is 0 Å². The molecule has 0 radical (unpaired) electrons. The van der Waals surface area contributed by atoms with Crippen LogP contribution in [-0.4, -0.2) is 23.7 Å². The molecule has 2 atom stereocenters. The fourth-order valence-electron chi connectivity index (χ4n) is 3.78. The number of carboxylic acid groups (broad SMARTS) is 1. The third kappa shape index (κ3) is 4.23. The minimum Gasteiger partial charge on any atom is -0.481 e. The van der Waals surface area contributed by atoms with Crippen molar-refractivity contribution in [1.29, 1.82) is 0 Å². The highest BCUT2D eigenvalue weighted by Gasteiger charge is 2.39. The van der Waals surface area contributed by atoms with Crippen LogP contribution in [0.5, 0.6) is 0 Å². The molecule has 0 bridgehead atoms. The van der Waals surface area contributed by atoms with E-state index in [1.807, 2.05) is 6.07 Å². The maximum absolute atomic E-state index is 10.8. The first kappa shape index (κ1) is 15.9. The summed E-state index contributed by atoms with van der Waals surface area (Å²) in [5.41, 5.74) is 1.60. The quantitative estimate of drug-likeness (QED) is 0.854. The number of rotatable bonds is 6. The lowest BCUT2D eigenvalue weighted by atomic mass is 9.91. The average Bonchev–Trinajstić information content (AvgIpc) is 2.68. The zero-order valence-corrected chi connectivity index (χ0v) is 13.4. The van der Waals surface area contributed by atoms with Gasteiger partial charge in [0, 0.05) is 24.7 Å². The molecule has 2 rings (SSSR count). The molecule has 1 aromatic carbocycles. The highest BCUT2D eigenvalue weighted by Crippen LogP contribution is 2.44. The number of hydrogen-bond donors (Lipinski definition) is 1. The molecule has 1 aromatic rings. The molecule has 2 unspecified atom stereocenters. The second kappa shape index (κ2) is 6.50. The van der Waals surface area contributed by atoms with E-state index in [1.54, 1.807) is 0 Å². The number of para-hydroxylation sites is 1. The minimum absolute atomic E-state index is 0.244. The van der Waals surface area contributed by atoms with Gasteiger partial charge in [-0.15, -0.1) is 0 Å². The summed E-state index contributed by atoms with van der Waals surface area (Å²) in [4.78, 5) is 13.2. The van der Waals surface area contributed by atoms with Crippen LogP contribution in [0.4, 0.5) is 5.69 Å². The number of hydrogen-bond acceptors (Lipinski definition) is 2. The molecular formula is C18H27NO2. The standard InChI is InChI=1S/C18H27NO2/c1-14-12-18(2,3)13-16(14)19(11-7-10-17(20)21)15-8-5-4-6-9-15/h4-6,8-9,14,16H,7,10-13H2,1-3H3,(H,20,21).